The minimum Gasteiger partial charge on any atom is -0.489 e. The summed E-state index contributed by atoms with van der Waals surface area (Å²) in [5.74, 6) is 0.836. The Labute approximate surface area is 148 Å². The Bertz CT molecular complexity index is 640. The highest BCUT2D eigenvalue weighted by Gasteiger charge is 2.15. The van der Waals surface area contributed by atoms with E-state index in [0.717, 1.165) is 43.0 Å². The summed E-state index contributed by atoms with van der Waals surface area (Å²) in [6.45, 7) is 2.18. The maximum Gasteiger partial charge on any atom is 0.170 e. The third-order valence-corrected chi connectivity index (χ3v) is 4.12. The first-order chi connectivity index (χ1) is 11.8. The lowest BCUT2D eigenvalue weighted by atomic mass is 10.2. The van der Waals surface area contributed by atoms with Crippen LogP contribution in [-0.4, -0.2) is 24.4 Å². The van der Waals surface area contributed by atoms with Gasteiger partial charge < -0.3 is 20.1 Å². The summed E-state index contributed by atoms with van der Waals surface area (Å²) >= 11 is 5.31. The van der Waals surface area contributed by atoms with Crippen molar-refractivity contribution in [1.82, 2.24) is 5.32 Å². The van der Waals surface area contributed by atoms with Crippen molar-refractivity contribution >= 4 is 23.0 Å². The van der Waals surface area contributed by atoms with Crippen LogP contribution in [0.15, 0.2) is 54.6 Å². The fraction of sp³-hybridized carbons (Fsp3) is 0.316. The second-order valence-electron chi connectivity index (χ2n) is 5.77. The highest BCUT2D eigenvalue weighted by molar-refractivity contribution is 7.80. The van der Waals surface area contributed by atoms with Gasteiger partial charge in [-0.2, -0.15) is 0 Å². The van der Waals surface area contributed by atoms with Gasteiger partial charge >= 0.3 is 0 Å². The number of thiocarbonyl (C=S) groups is 1. The molecule has 0 spiro atoms. The Morgan fingerprint density at radius 1 is 1.12 bits per heavy atom. The number of hydrogen-bond donors (Lipinski definition) is 2. The fourth-order valence-electron chi connectivity index (χ4n) is 2.56. The zero-order chi connectivity index (χ0) is 16.6. The van der Waals surface area contributed by atoms with Crippen molar-refractivity contribution in [2.24, 2.45) is 0 Å². The van der Waals surface area contributed by atoms with Gasteiger partial charge in [0, 0.05) is 18.8 Å². The molecule has 1 fully saturated rings. The van der Waals surface area contributed by atoms with E-state index in [4.69, 9.17) is 21.7 Å². The third-order valence-electron chi connectivity index (χ3n) is 3.87. The average molecular weight is 342 g/mol. The third kappa shape index (κ3) is 5.22. The molecule has 1 saturated heterocycles. The smallest absolute Gasteiger partial charge is 0.170 e. The lowest BCUT2D eigenvalue weighted by molar-refractivity contribution is 0.114. The van der Waals surface area contributed by atoms with Gasteiger partial charge in [0.1, 0.15) is 12.4 Å². The molecule has 2 aromatic rings. The first-order valence-corrected chi connectivity index (χ1v) is 8.64. The predicted molar refractivity (Wildman–Crippen MR) is 100 cm³/mol. The van der Waals surface area contributed by atoms with Crippen LogP contribution in [0.3, 0.4) is 0 Å². The molecule has 1 atom stereocenters. The van der Waals surface area contributed by atoms with Crippen LogP contribution in [-0.2, 0) is 11.3 Å². The van der Waals surface area contributed by atoms with Gasteiger partial charge in [0.05, 0.1) is 6.10 Å². The summed E-state index contributed by atoms with van der Waals surface area (Å²) < 4.78 is 11.3. The van der Waals surface area contributed by atoms with Crippen molar-refractivity contribution in [3.8, 4) is 5.75 Å². The van der Waals surface area contributed by atoms with E-state index in [1.54, 1.807) is 0 Å². The summed E-state index contributed by atoms with van der Waals surface area (Å²) in [5, 5.41) is 6.99. The summed E-state index contributed by atoms with van der Waals surface area (Å²) in [4.78, 5) is 0. The molecular weight excluding hydrogens is 320 g/mol. The lowest BCUT2D eigenvalue weighted by Gasteiger charge is -2.14. The molecule has 1 aliphatic heterocycles. The molecule has 1 heterocycles. The van der Waals surface area contributed by atoms with E-state index in [-0.39, 0.29) is 6.10 Å². The van der Waals surface area contributed by atoms with Crippen LogP contribution in [0.2, 0.25) is 0 Å². The lowest BCUT2D eigenvalue weighted by Crippen LogP contribution is -2.34. The first-order valence-electron chi connectivity index (χ1n) is 8.23. The van der Waals surface area contributed by atoms with Crippen molar-refractivity contribution in [3.05, 3.63) is 60.2 Å². The average Bonchev–Trinajstić information content (AvgIpc) is 3.14. The molecule has 5 heteroatoms. The highest BCUT2D eigenvalue weighted by atomic mass is 32.1. The summed E-state index contributed by atoms with van der Waals surface area (Å²) in [5.41, 5.74) is 2.09. The quantitative estimate of drug-likeness (QED) is 0.783. The number of benzene rings is 2. The first kappa shape index (κ1) is 16.7. The molecule has 0 saturated carbocycles. The molecule has 2 N–H and O–H groups in total. The SMILES string of the molecule is S=C(NC[C@H]1CCCO1)Nc1ccc(OCc2ccccc2)cc1. The van der Waals surface area contributed by atoms with E-state index in [0.29, 0.717) is 11.7 Å². The monoisotopic (exact) mass is 342 g/mol. The summed E-state index contributed by atoms with van der Waals surface area (Å²) in [6, 6.07) is 17.9. The normalized spacial score (nSPS) is 16.6. The van der Waals surface area contributed by atoms with Crippen LogP contribution in [0.5, 0.6) is 5.75 Å². The Morgan fingerprint density at radius 3 is 2.62 bits per heavy atom. The van der Waals surface area contributed by atoms with Gasteiger partial charge in [0.15, 0.2) is 5.11 Å². The van der Waals surface area contributed by atoms with Crippen molar-refractivity contribution < 1.29 is 9.47 Å². The second-order valence-corrected chi connectivity index (χ2v) is 6.18. The molecule has 3 rings (SSSR count). The van der Waals surface area contributed by atoms with Crippen molar-refractivity contribution in [1.29, 1.82) is 0 Å². The molecule has 0 bridgehead atoms. The molecule has 126 valence electrons. The van der Waals surface area contributed by atoms with Crippen LogP contribution in [0, 0.1) is 0 Å². The number of hydrogen-bond acceptors (Lipinski definition) is 3. The fourth-order valence-corrected chi connectivity index (χ4v) is 2.76. The van der Waals surface area contributed by atoms with Gasteiger partial charge in [-0.1, -0.05) is 30.3 Å². The molecule has 0 radical (unpaired) electrons. The van der Waals surface area contributed by atoms with Crippen molar-refractivity contribution in [3.63, 3.8) is 0 Å². The van der Waals surface area contributed by atoms with E-state index in [1.165, 1.54) is 0 Å². The number of ether oxygens (including phenoxy) is 2. The Kier molecular flexibility index (Phi) is 6.04. The molecular formula is C19H22N2O2S. The Morgan fingerprint density at radius 2 is 1.92 bits per heavy atom. The molecule has 0 amide bonds. The van der Waals surface area contributed by atoms with Gasteiger partial charge in [0.2, 0.25) is 0 Å². The van der Waals surface area contributed by atoms with E-state index in [2.05, 4.69) is 10.6 Å². The van der Waals surface area contributed by atoms with Gasteiger partial charge in [-0.3, -0.25) is 0 Å². The largest absolute Gasteiger partial charge is 0.489 e. The van der Waals surface area contributed by atoms with E-state index in [1.807, 2.05) is 54.6 Å². The second kappa shape index (κ2) is 8.66. The Hall–Kier alpha value is -2.11. The number of rotatable bonds is 6. The standard InChI is InChI=1S/C19H22N2O2S/c24-19(20-13-18-7-4-12-22-18)21-16-8-10-17(11-9-16)23-14-15-5-2-1-3-6-15/h1-3,5-6,8-11,18H,4,7,12-14H2,(H2,20,21,24)/t18-/m1/s1. The van der Waals surface area contributed by atoms with Crippen LogP contribution in [0.1, 0.15) is 18.4 Å². The zero-order valence-corrected chi connectivity index (χ0v) is 14.4. The van der Waals surface area contributed by atoms with Crippen molar-refractivity contribution in [2.45, 2.75) is 25.6 Å². The molecule has 0 aromatic heterocycles. The van der Waals surface area contributed by atoms with Crippen LogP contribution >= 0.6 is 12.2 Å². The maximum atomic E-state index is 5.77. The maximum absolute atomic E-state index is 5.77. The minimum atomic E-state index is 0.276. The van der Waals surface area contributed by atoms with Gasteiger partial charge in [0.25, 0.3) is 0 Å². The summed E-state index contributed by atoms with van der Waals surface area (Å²) in [6.07, 6.45) is 2.51. The van der Waals surface area contributed by atoms with E-state index >= 15 is 0 Å². The minimum absolute atomic E-state index is 0.276. The van der Waals surface area contributed by atoms with E-state index in [9.17, 15) is 0 Å². The summed E-state index contributed by atoms with van der Waals surface area (Å²) in [7, 11) is 0. The highest BCUT2D eigenvalue weighted by Crippen LogP contribution is 2.17. The predicted octanol–water partition coefficient (Wildman–Crippen LogP) is 3.73. The molecule has 4 nitrogen and oxygen atoms in total. The molecule has 24 heavy (non-hydrogen) atoms. The Balaban J connectivity index is 1.42. The van der Waals surface area contributed by atoms with Crippen LogP contribution in [0.25, 0.3) is 0 Å². The van der Waals surface area contributed by atoms with Crippen molar-refractivity contribution in [2.75, 3.05) is 18.5 Å². The van der Waals surface area contributed by atoms with Gasteiger partial charge in [-0.25, -0.2) is 0 Å². The van der Waals surface area contributed by atoms with Gasteiger partial charge in [-0.05, 0) is 54.9 Å². The topological polar surface area (TPSA) is 42.5 Å². The molecule has 2 aromatic carbocycles. The van der Waals surface area contributed by atoms with Crippen LogP contribution in [0.4, 0.5) is 5.69 Å². The number of nitrogens with one attached hydrogen (secondary N) is 2. The van der Waals surface area contributed by atoms with Gasteiger partial charge in [-0.15, -0.1) is 0 Å². The van der Waals surface area contributed by atoms with E-state index < -0.39 is 0 Å². The molecule has 1 aliphatic rings. The molecule has 0 aliphatic carbocycles. The molecule has 0 unspecified atom stereocenters. The van der Waals surface area contributed by atoms with Crippen LogP contribution < -0.4 is 15.4 Å². The zero-order valence-electron chi connectivity index (χ0n) is 13.5. The number of anilines is 1.